The van der Waals surface area contributed by atoms with Crippen molar-refractivity contribution in [3.8, 4) is 0 Å². The quantitative estimate of drug-likeness (QED) is 0.775. The molecule has 1 unspecified atom stereocenters. The van der Waals surface area contributed by atoms with Crippen LogP contribution >= 0.6 is 0 Å². The molecule has 1 aromatic rings. The smallest absolute Gasteiger partial charge is 0.255 e. The lowest BCUT2D eigenvalue weighted by Crippen LogP contribution is -2.52. The van der Waals surface area contributed by atoms with Crippen molar-refractivity contribution < 1.29 is 18.8 Å². The molecular weight excluding hydrogens is 263 g/mol. The second-order valence-corrected chi connectivity index (χ2v) is 5.16. The second-order valence-electron chi connectivity index (χ2n) is 5.16. The Balaban J connectivity index is 1.92. The molecule has 2 aliphatic rings. The Labute approximate surface area is 114 Å². The number of nitrogens with zero attached hydrogens (tertiary/aromatic N) is 1. The topological polar surface area (TPSA) is 66.5 Å². The van der Waals surface area contributed by atoms with E-state index >= 15 is 0 Å². The standard InChI is InChI=1S/C14H13FN2O3/c1-7-4-9(15)5-8-6-17(14(20)12(7)8)10-2-3-11(18)16-13(10)19/h4-5,10H,2-3,6H2,1H3,(H,16,18,19). The number of hydrogen-bond acceptors (Lipinski definition) is 3. The van der Waals surface area contributed by atoms with E-state index in [9.17, 15) is 18.8 Å². The van der Waals surface area contributed by atoms with Crippen molar-refractivity contribution in [3.63, 3.8) is 0 Å². The molecule has 3 rings (SSSR count). The minimum absolute atomic E-state index is 0.207. The van der Waals surface area contributed by atoms with Crippen LogP contribution in [0, 0.1) is 12.7 Å². The average molecular weight is 276 g/mol. The predicted octanol–water partition coefficient (Wildman–Crippen LogP) is 0.895. The van der Waals surface area contributed by atoms with Crippen LogP contribution < -0.4 is 5.32 Å². The van der Waals surface area contributed by atoms with E-state index in [0.29, 0.717) is 23.1 Å². The van der Waals surface area contributed by atoms with E-state index in [-0.39, 0.29) is 30.6 Å². The number of benzene rings is 1. The van der Waals surface area contributed by atoms with Crippen molar-refractivity contribution in [1.29, 1.82) is 0 Å². The molecule has 5 nitrogen and oxygen atoms in total. The molecule has 104 valence electrons. The number of halogens is 1. The van der Waals surface area contributed by atoms with Gasteiger partial charge in [-0.3, -0.25) is 19.7 Å². The first-order chi connectivity index (χ1) is 9.47. The Morgan fingerprint density at radius 1 is 1.30 bits per heavy atom. The summed E-state index contributed by atoms with van der Waals surface area (Å²) >= 11 is 0. The molecule has 0 radical (unpaired) electrons. The fraction of sp³-hybridized carbons (Fsp3) is 0.357. The Hall–Kier alpha value is -2.24. The highest BCUT2D eigenvalue weighted by molar-refractivity contribution is 6.05. The lowest BCUT2D eigenvalue weighted by atomic mass is 10.0. The highest BCUT2D eigenvalue weighted by atomic mass is 19.1. The summed E-state index contributed by atoms with van der Waals surface area (Å²) in [7, 11) is 0. The van der Waals surface area contributed by atoms with Crippen LogP contribution in [0.3, 0.4) is 0 Å². The molecule has 0 spiro atoms. The van der Waals surface area contributed by atoms with Gasteiger partial charge >= 0.3 is 0 Å². The third-order valence-electron chi connectivity index (χ3n) is 3.78. The van der Waals surface area contributed by atoms with Gasteiger partial charge in [0.25, 0.3) is 5.91 Å². The van der Waals surface area contributed by atoms with Gasteiger partial charge in [0.2, 0.25) is 11.8 Å². The van der Waals surface area contributed by atoms with E-state index < -0.39 is 11.9 Å². The van der Waals surface area contributed by atoms with Gasteiger partial charge in [-0.05, 0) is 36.6 Å². The maximum Gasteiger partial charge on any atom is 0.255 e. The van der Waals surface area contributed by atoms with Crippen LogP contribution in [0.4, 0.5) is 4.39 Å². The van der Waals surface area contributed by atoms with Gasteiger partial charge in [-0.1, -0.05) is 0 Å². The fourth-order valence-electron chi connectivity index (χ4n) is 2.87. The zero-order chi connectivity index (χ0) is 14.4. The van der Waals surface area contributed by atoms with Gasteiger partial charge in [0.15, 0.2) is 0 Å². The number of rotatable bonds is 1. The zero-order valence-corrected chi connectivity index (χ0v) is 10.9. The maximum atomic E-state index is 13.4. The minimum Gasteiger partial charge on any atom is -0.322 e. The summed E-state index contributed by atoms with van der Waals surface area (Å²) in [6.45, 7) is 1.88. The molecule has 6 heteroatoms. The summed E-state index contributed by atoms with van der Waals surface area (Å²) in [5.41, 5.74) is 1.63. The second kappa shape index (κ2) is 4.40. The number of piperidine rings is 1. The monoisotopic (exact) mass is 276 g/mol. The van der Waals surface area contributed by atoms with Gasteiger partial charge in [0.1, 0.15) is 11.9 Å². The third-order valence-corrected chi connectivity index (χ3v) is 3.78. The molecule has 3 amide bonds. The lowest BCUT2D eigenvalue weighted by molar-refractivity contribution is -0.136. The number of imide groups is 1. The van der Waals surface area contributed by atoms with E-state index in [1.54, 1.807) is 6.92 Å². The number of amides is 3. The van der Waals surface area contributed by atoms with Gasteiger partial charge in [-0.15, -0.1) is 0 Å². The zero-order valence-electron chi connectivity index (χ0n) is 10.9. The fourth-order valence-corrected chi connectivity index (χ4v) is 2.87. The molecule has 0 aliphatic carbocycles. The molecule has 0 aromatic heterocycles. The van der Waals surface area contributed by atoms with Gasteiger partial charge < -0.3 is 4.90 Å². The molecule has 1 fully saturated rings. The van der Waals surface area contributed by atoms with Crippen LogP contribution in [0.2, 0.25) is 0 Å². The highest BCUT2D eigenvalue weighted by Crippen LogP contribution is 2.30. The largest absolute Gasteiger partial charge is 0.322 e. The minimum atomic E-state index is -0.657. The van der Waals surface area contributed by atoms with Crippen molar-refractivity contribution >= 4 is 17.7 Å². The number of aryl methyl sites for hydroxylation is 1. The Bertz CT molecular complexity index is 642. The average Bonchev–Trinajstić information content (AvgIpc) is 2.66. The molecule has 1 aromatic carbocycles. The number of nitrogens with one attached hydrogen (secondary N) is 1. The van der Waals surface area contributed by atoms with Crippen LogP contribution in [-0.2, 0) is 16.1 Å². The molecule has 2 aliphatic heterocycles. The first kappa shape index (κ1) is 12.8. The molecule has 2 heterocycles. The molecule has 0 bridgehead atoms. The van der Waals surface area contributed by atoms with E-state index in [2.05, 4.69) is 5.32 Å². The number of hydrogen-bond donors (Lipinski definition) is 1. The Morgan fingerprint density at radius 2 is 2.05 bits per heavy atom. The van der Waals surface area contributed by atoms with Gasteiger partial charge in [-0.25, -0.2) is 4.39 Å². The first-order valence-corrected chi connectivity index (χ1v) is 6.41. The molecule has 0 saturated carbocycles. The van der Waals surface area contributed by atoms with E-state index in [4.69, 9.17) is 0 Å². The summed E-state index contributed by atoms with van der Waals surface area (Å²) in [5, 5.41) is 2.23. The lowest BCUT2D eigenvalue weighted by Gasteiger charge is -2.29. The predicted molar refractivity (Wildman–Crippen MR) is 67.2 cm³/mol. The van der Waals surface area contributed by atoms with E-state index in [1.165, 1.54) is 17.0 Å². The Morgan fingerprint density at radius 3 is 2.75 bits per heavy atom. The summed E-state index contributed by atoms with van der Waals surface area (Å²) in [6, 6.07) is 1.98. The van der Waals surface area contributed by atoms with Gasteiger partial charge in [0.05, 0.1) is 0 Å². The molecule has 1 N–H and O–H groups in total. The van der Waals surface area contributed by atoms with Crippen molar-refractivity contribution in [1.82, 2.24) is 10.2 Å². The van der Waals surface area contributed by atoms with Crippen molar-refractivity contribution in [3.05, 3.63) is 34.6 Å². The highest BCUT2D eigenvalue weighted by Gasteiger charge is 2.39. The summed E-state index contributed by atoms with van der Waals surface area (Å²) in [4.78, 5) is 36.8. The van der Waals surface area contributed by atoms with Crippen LogP contribution in [0.5, 0.6) is 0 Å². The van der Waals surface area contributed by atoms with Crippen LogP contribution in [0.15, 0.2) is 12.1 Å². The van der Waals surface area contributed by atoms with Crippen LogP contribution in [-0.4, -0.2) is 28.7 Å². The van der Waals surface area contributed by atoms with E-state index in [1.807, 2.05) is 0 Å². The van der Waals surface area contributed by atoms with Gasteiger partial charge in [0, 0.05) is 18.5 Å². The SMILES string of the molecule is Cc1cc(F)cc2c1C(=O)N(C1CCC(=O)NC1=O)C2. The molecule has 20 heavy (non-hydrogen) atoms. The summed E-state index contributed by atoms with van der Waals surface area (Å²) in [6.07, 6.45) is 0.524. The molecule has 1 saturated heterocycles. The Kier molecular flexibility index (Phi) is 2.81. The normalized spacial score (nSPS) is 22.0. The third kappa shape index (κ3) is 1.88. The molecular formula is C14H13FN2O3. The van der Waals surface area contributed by atoms with Crippen molar-refractivity contribution in [2.24, 2.45) is 0 Å². The number of fused-ring (bicyclic) bond motifs is 1. The maximum absolute atomic E-state index is 13.4. The van der Waals surface area contributed by atoms with Crippen molar-refractivity contribution in [2.75, 3.05) is 0 Å². The van der Waals surface area contributed by atoms with Crippen LogP contribution in [0.1, 0.15) is 34.3 Å². The summed E-state index contributed by atoms with van der Waals surface area (Å²) < 4.78 is 13.4. The number of carbonyl (C=O) groups is 3. The first-order valence-electron chi connectivity index (χ1n) is 6.41. The summed E-state index contributed by atoms with van der Waals surface area (Å²) in [5.74, 6) is -1.44. The van der Waals surface area contributed by atoms with Crippen LogP contribution in [0.25, 0.3) is 0 Å². The van der Waals surface area contributed by atoms with E-state index in [0.717, 1.165) is 0 Å². The van der Waals surface area contributed by atoms with Crippen molar-refractivity contribution in [2.45, 2.75) is 32.4 Å². The number of carbonyl (C=O) groups excluding carboxylic acids is 3. The molecule has 1 atom stereocenters. The van der Waals surface area contributed by atoms with Gasteiger partial charge in [-0.2, -0.15) is 0 Å².